The van der Waals surface area contributed by atoms with E-state index in [1.807, 2.05) is 12.1 Å². The van der Waals surface area contributed by atoms with Crippen LogP contribution in [0.15, 0.2) is 42.6 Å². The highest BCUT2D eigenvalue weighted by Crippen LogP contribution is 2.20. The number of nitrogens with zero attached hydrogens (tertiary/aromatic N) is 1. The average molecular weight is 213 g/mol. The van der Waals surface area contributed by atoms with Crippen LogP contribution in [0.1, 0.15) is 18.9 Å². The zero-order valence-electron chi connectivity index (χ0n) is 9.35. The van der Waals surface area contributed by atoms with Crippen LogP contribution in [0.4, 0.5) is 0 Å². The Labute approximate surface area is 95.6 Å². The van der Waals surface area contributed by atoms with E-state index in [9.17, 15) is 5.11 Å². The number of aromatic hydroxyl groups is 1. The molecule has 2 rings (SSSR count). The van der Waals surface area contributed by atoms with Gasteiger partial charge in [-0.1, -0.05) is 31.5 Å². The van der Waals surface area contributed by atoms with Crippen molar-refractivity contribution < 1.29 is 5.11 Å². The Morgan fingerprint density at radius 3 is 2.75 bits per heavy atom. The van der Waals surface area contributed by atoms with Crippen molar-refractivity contribution in [1.29, 1.82) is 0 Å². The van der Waals surface area contributed by atoms with E-state index >= 15 is 0 Å². The standard InChI is InChI=1S/C14H15NO/c1-2-4-11-5-3-6-12(9-11)14-8-7-13(16)10-15-14/h3,5-10,16H,2,4H2,1H3. The second-order valence-corrected chi connectivity index (χ2v) is 3.85. The first-order valence-corrected chi connectivity index (χ1v) is 5.54. The summed E-state index contributed by atoms with van der Waals surface area (Å²) >= 11 is 0. The molecule has 0 saturated heterocycles. The number of hydrogen-bond donors (Lipinski definition) is 1. The summed E-state index contributed by atoms with van der Waals surface area (Å²) in [4.78, 5) is 4.20. The summed E-state index contributed by atoms with van der Waals surface area (Å²) in [5.74, 6) is 0.202. The van der Waals surface area contributed by atoms with E-state index in [0.29, 0.717) is 0 Å². The molecule has 1 N–H and O–H groups in total. The molecule has 0 atom stereocenters. The van der Waals surface area contributed by atoms with Gasteiger partial charge in [-0.15, -0.1) is 0 Å². The predicted octanol–water partition coefficient (Wildman–Crippen LogP) is 3.41. The van der Waals surface area contributed by atoms with Gasteiger partial charge in [-0.25, -0.2) is 0 Å². The minimum atomic E-state index is 0.202. The number of aryl methyl sites for hydroxylation is 1. The fourth-order valence-electron chi connectivity index (χ4n) is 1.73. The van der Waals surface area contributed by atoms with Crippen molar-refractivity contribution in [3.63, 3.8) is 0 Å². The molecular formula is C14H15NO. The molecule has 0 aliphatic heterocycles. The lowest BCUT2D eigenvalue weighted by Crippen LogP contribution is -1.86. The zero-order chi connectivity index (χ0) is 11.4. The van der Waals surface area contributed by atoms with Crippen LogP contribution < -0.4 is 0 Å². The number of benzene rings is 1. The summed E-state index contributed by atoms with van der Waals surface area (Å²) in [5, 5.41) is 9.18. The lowest BCUT2D eigenvalue weighted by atomic mass is 10.0. The van der Waals surface area contributed by atoms with Crippen molar-refractivity contribution in [1.82, 2.24) is 4.98 Å². The molecule has 0 aliphatic carbocycles. The van der Waals surface area contributed by atoms with Gasteiger partial charge in [0.2, 0.25) is 0 Å². The van der Waals surface area contributed by atoms with Gasteiger partial charge in [-0.05, 0) is 30.2 Å². The van der Waals surface area contributed by atoms with E-state index in [0.717, 1.165) is 24.1 Å². The highest BCUT2D eigenvalue weighted by atomic mass is 16.3. The van der Waals surface area contributed by atoms with Crippen LogP contribution in [-0.4, -0.2) is 10.1 Å². The van der Waals surface area contributed by atoms with Crippen molar-refractivity contribution in [3.8, 4) is 17.0 Å². The molecule has 0 bridgehead atoms. The SMILES string of the molecule is CCCc1cccc(-c2ccc(O)cn2)c1. The Balaban J connectivity index is 2.32. The molecule has 0 radical (unpaired) electrons. The maximum Gasteiger partial charge on any atom is 0.133 e. The average Bonchev–Trinajstić information content (AvgIpc) is 2.31. The van der Waals surface area contributed by atoms with Crippen molar-refractivity contribution in [2.24, 2.45) is 0 Å². The molecule has 1 heterocycles. The lowest BCUT2D eigenvalue weighted by Gasteiger charge is -2.04. The molecule has 2 heteroatoms. The van der Waals surface area contributed by atoms with Crippen LogP contribution in [0.25, 0.3) is 11.3 Å². The first-order valence-electron chi connectivity index (χ1n) is 5.54. The van der Waals surface area contributed by atoms with E-state index in [1.54, 1.807) is 6.07 Å². The second kappa shape index (κ2) is 4.79. The quantitative estimate of drug-likeness (QED) is 0.847. The highest BCUT2D eigenvalue weighted by Gasteiger charge is 2.00. The highest BCUT2D eigenvalue weighted by molar-refractivity contribution is 5.60. The van der Waals surface area contributed by atoms with E-state index < -0.39 is 0 Å². The third-order valence-electron chi connectivity index (χ3n) is 2.51. The predicted molar refractivity (Wildman–Crippen MR) is 65.3 cm³/mol. The topological polar surface area (TPSA) is 33.1 Å². The van der Waals surface area contributed by atoms with Crippen molar-refractivity contribution in [2.75, 3.05) is 0 Å². The van der Waals surface area contributed by atoms with E-state index in [2.05, 4.69) is 30.1 Å². The van der Waals surface area contributed by atoms with Gasteiger partial charge in [-0.2, -0.15) is 0 Å². The van der Waals surface area contributed by atoms with Crippen LogP contribution in [0.3, 0.4) is 0 Å². The maximum atomic E-state index is 9.18. The molecular weight excluding hydrogens is 198 g/mol. The minimum absolute atomic E-state index is 0.202. The molecule has 82 valence electrons. The Morgan fingerprint density at radius 1 is 1.19 bits per heavy atom. The number of hydrogen-bond acceptors (Lipinski definition) is 2. The van der Waals surface area contributed by atoms with Crippen LogP contribution in [0.5, 0.6) is 5.75 Å². The Bertz CT molecular complexity index is 462. The normalized spacial score (nSPS) is 10.3. The molecule has 16 heavy (non-hydrogen) atoms. The molecule has 0 spiro atoms. The molecule has 2 aromatic rings. The van der Waals surface area contributed by atoms with Gasteiger partial charge in [-0.3, -0.25) is 4.98 Å². The van der Waals surface area contributed by atoms with Crippen molar-refractivity contribution in [2.45, 2.75) is 19.8 Å². The second-order valence-electron chi connectivity index (χ2n) is 3.85. The van der Waals surface area contributed by atoms with Crippen LogP contribution in [-0.2, 0) is 6.42 Å². The van der Waals surface area contributed by atoms with Crippen LogP contribution >= 0.6 is 0 Å². The van der Waals surface area contributed by atoms with Crippen LogP contribution in [0.2, 0.25) is 0 Å². The number of rotatable bonds is 3. The monoisotopic (exact) mass is 213 g/mol. The van der Waals surface area contributed by atoms with Gasteiger partial charge in [0, 0.05) is 5.56 Å². The third kappa shape index (κ3) is 2.40. The Hall–Kier alpha value is -1.83. The largest absolute Gasteiger partial charge is 0.506 e. The van der Waals surface area contributed by atoms with Crippen molar-refractivity contribution in [3.05, 3.63) is 48.2 Å². The number of aromatic nitrogens is 1. The summed E-state index contributed by atoms with van der Waals surface area (Å²) in [5.41, 5.74) is 3.33. The summed E-state index contributed by atoms with van der Waals surface area (Å²) < 4.78 is 0. The summed E-state index contributed by atoms with van der Waals surface area (Å²) in [6.07, 6.45) is 3.71. The molecule has 1 aromatic heterocycles. The molecule has 0 fully saturated rings. The maximum absolute atomic E-state index is 9.18. The Kier molecular flexibility index (Phi) is 3.20. The molecule has 0 amide bonds. The van der Waals surface area contributed by atoms with Crippen molar-refractivity contribution >= 4 is 0 Å². The third-order valence-corrected chi connectivity index (χ3v) is 2.51. The summed E-state index contributed by atoms with van der Waals surface area (Å²) in [6.45, 7) is 2.17. The Morgan fingerprint density at radius 2 is 2.06 bits per heavy atom. The molecule has 0 aliphatic rings. The molecule has 2 nitrogen and oxygen atoms in total. The summed E-state index contributed by atoms with van der Waals surface area (Å²) in [7, 11) is 0. The van der Waals surface area contributed by atoms with Gasteiger partial charge in [0.1, 0.15) is 5.75 Å². The molecule has 1 aromatic carbocycles. The van der Waals surface area contributed by atoms with Gasteiger partial charge in [0.15, 0.2) is 0 Å². The smallest absolute Gasteiger partial charge is 0.133 e. The van der Waals surface area contributed by atoms with E-state index in [1.165, 1.54) is 11.8 Å². The molecule has 0 unspecified atom stereocenters. The fraction of sp³-hybridized carbons (Fsp3) is 0.214. The van der Waals surface area contributed by atoms with Gasteiger partial charge >= 0.3 is 0 Å². The zero-order valence-corrected chi connectivity index (χ0v) is 9.35. The van der Waals surface area contributed by atoms with Gasteiger partial charge in [0.05, 0.1) is 11.9 Å². The van der Waals surface area contributed by atoms with E-state index in [4.69, 9.17) is 0 Å². The first-order chi connectivity index (χ1) is 7.79. The molecule has 0 saturated carbocycles. The van der Waals surface area contributed by atoms with Gasteiger partial charge in [0.25, 0.3) is 0 Å². The minimum Gasteiger partial charge on any atom is -0.506 e. The van der Waals surface area contributed by atoms with Gasteiger partial charge < -0.3 is 5.11 Å². The lowest BCUT2D eigenvalue weighted by molar-refractivity contribution is 0.473. The first kappa shape index (κ1) is 10.7. The number of pyridine rings is 1. The fourth-order valence-corrected chi connectivity index (χ4v) is 1.73. The summed E-state index contributed by atoms with van der Waals surface area (Å²) in [6, 6.07) is 11.9. The van der Waals surface area contributed by atoms with Crippen LogP contribution in [0, 0.1) is 0 Å². The van der Waals surface area contributed by atoms with E-state index in [-0.39, 0.29) is 5.75 Å².